The maximum atomic E-state index is 10.5. The van der Waals surface area contributed by atoms with Crippen molar-refractivity contribution in [2.75, 3.05) is 13.1 Å². The van der Waals surface area contributed by atoms with Crippen LogP contribution in [-0.2, 0) is 4.79 Å². The Morgan fingerprint density at radius 1 is 1.71 bits per heavy atom. The van der Waals surface area contributed by atoms with E-state index in [1.165, 1.54) is 5.56 Å². The summed E-state index contributed by atoms with van der Waals surface area (Å²) in [6.45, 7) is 4.38. The largest absolute Gasteiger partial charge is 0.481 e. The van der Waals surface area contributed by atoms with E-state index in [0.29, 0.717) is 18.4 Å². The Labute approximate surface area is 106 Å². The van der Waals surface area contributed by atoms with Gasteiger partial charge >= 0.3 is 5.97 Å². The highest BCUT2D eigenvalue weighted by molar-refractivity contribution is 7.07. The van der Waals surface area contributed by atoms with Gasteiger partial charge in [0.05, 0.1) is 0 Å². The van der Waals surface area contributed by atoms with Crippen LogP contribution in [0.25, 0.3) is 0 Å². The van der Waals surface area contributed by atoms with Gasteiger partial charge in [0.2, 0.25) is 0 Å². The monoisotopic (exact) mass is 253 g/mol. The lowest BCUT2D eigenvalue weighted by atomic mass is 10.0. The van der Waals surface area contributed by atoms with E-state index in [2.05, 4.69) is 28.7 Å². The second-order valence-corrected chi connectivity index (χ2v) is 5.59. The first-order valence-corrected chi connectivity index (χ1v) is 7.09. The van der Waals surface area contributed by atoms with Crippen molar-refractivity contribution in [3.05, 3.63) is 22.4 Å². The zero-order chi connectivity index (χ0) is 12.3. The number of hydrogen-bond acceptors (Lipinski definition) is 3. The molecule has 4 heteroatoms. The second kappa shape index (κ2) is 5.65. The molecule has 3 nitrogen and oxygen atoms in total. The summed E-state index contributed by atoms with van der Waals surface area (Å²) in [6.07, 6.45) is 2.27. The summed E-state index contributed by atoms with van der Waals surface area (Å²) < 4.78 is 0. The van der Waals surface area contributed by atoms with Crippen LogP contribution in [0.5, 0.6) is 0 Å². The summed E-state index contributed by atoms with van der Waals surface area (Å²) in [6, 6.07) is 2.65. The molecule has 1 aliphatic rings. The van der Waals surface area contributed by atoms with Gasteiger partial charge in [-0.15, -0.1) is 0 Å². The van der Waals surface area contributed by atoms with Crippen LogP contribution in [0.3, 0.4) is 0 Å². The number of rotatable bonds is 5. The van der Waals surface area contributed by atoms with E-state index in [0.717, 1.165) is 25.9 Å². The highest BCUT2D eigenvalue weighted by atomic mass is 32.1. The minimum atomic E-state index is -0.672. The topological polar surface area (TPSA) is 40.5 Å². The summed E-state index contributed by atoms with van der Waals surface area (Å²) in [5.41, 5.74) is 1.38. The molecule has 2 heterocycles. The second-order valence-electron chi connectivity index (χ2n) is 4.81. The van der Waals surface area contributed by atoms with E-state index in [-0.39, 0.29) is 0 Å². The van der Waals surface area contributed by atoms with Crippen LogP contribution in [0, 0.1) is 5.92 Å². The SMILES string of the molecule is CC(c1ccsc1)N1CCC(CCC(=O)O)C1. The molecule has 1 fully saturated rings. The van der Waals surface area contributed by atoms with Gasteiger partial charge in [-0.25, -0.2) is 0 Å². The van der Waals surface area contributed by atoms with Crippen molar-refractivity contribution in [3.8, 4) is 0 Å². The van der Waals surface area contributed by atoms with Crippen molar-refractivity contribution in [3.63, 3.8) is 0 Å². The molecule has 17 heavy (non-hydrogen) atoms. The minimum Gasteiger partial charge on any atom is -0.481 e. The zero-order valence-electron chi connectivity index (χ0n) is 10.1. The van der Waals surface area contributed by atoms with Crippen molar-refractivity contribution >= 4 is 17.3 Å². The molecule has 0 saturated carbocycles. The van der Waals surface area contributed by atoms with Gasteiger partial charge in [-0.3, -0.25) is 9.69 Å². The molecule has 0 spiro atoms. The molecule has 1 aromatic rings. The van der Waals surface area contributed by atoms with Gasteiger partial charge in [0.1, 0.15) is 0 Å². The van der Waals surface area contributed by atoms with E-state index in [1.807, 2.05) is 0 Å². The van der Waals surface area contributed by atoms with Crippen LogP contribution in [0.15, 0.2) is 16.8 Å². The van der Waals surface area contributed by atoms with E-state index in [9.17, 15) is 4.79 Å². The molecule has 2 atom stereocenters. The lowest BCUT2D eigenvalue weighted by Crippen LogP contribution is -2.24. The molecule has 1 aromatic heterocycles. The Bertz CT molecular complexity index is 364. The third-order valence-electron chi connectivity index (χ3n) is 3.66. The summed E-state index contributed by atoms with van der Waals surface area (Å²) in [5.74, 6) is -0.110. The van der Waals surface area contributed by atoms with Gasteiger partial charge in [-0.1, -0.05) is 0 Å². The van der Waals surface area contributed by atoms with Crippen molar-refractivity contribution in [1.29, 1.82) is 0 Å². The molecule has 1 N–H and O–H groups in total. The molecule has 2 unspecified atom stereocenters. The molecule has 1 saturated heterocycles. The van der Waals surface area contributed by atoms with E-state index < -0.39 is 5.97 Å². The molecule has 2 rings (SSSR count). The minimum absolute atomic E-state index is 0.311. The molecular weight excluding hydrogens is 234 g/mol. The van der Waals surface area contributed by atoms with Gasteiger partial charge in [-0.05, 0) is 54.6 Å². The first-order chi connectivity index (χ1) is 8.16. The zero-order valence-corrected chi connectivity index (χ0v) is 10.9. The average molecular weight is 253 g/mol. The van der Waals surface area contributed by atoms with Crippen LogP contribution in [0.4, 0.5) is 0 Å². The predicted octanol–water partition coefficient (Wildman–Crippen LogP) is 3.00. The summed E-state index contributed by atoms with van der Waals surface area (Å²) in [4.78, 5) is 13.0. The van der Waals surface area contributed by atoms with Crippen LogP contribution in [0.2, 0.25) is 0 Å². The van der Waals surface area contributed by atoms with Crippen molar-refractivity contribution < 1.29 is 9.90 Å². The van der Waals surface area contributed by atoms with Crippen LogP contribution in [0.1, 0.15) is 37.8 Å². The van der Waals surface area contributed by atoms with Crippen LogP contribution in [-0.4, -0.2) is 29.1 Å². The standard InChI is InChI=1S/C13H19NO2S/c1-10(12-5-7-17-9-12)14-6-4-11(8-14)2-3-13(15)16/h5,7,9-11H,2-4,6,8H2,1H3,(H,15,16). The van der Waals surface area contributed by atoms with Crippen LogP contribution < -0.4 is 0 Å². The first-order valence-electron chi connectivity index (χ1n) is 6.14. The van der Waals surface area contributed by atoms with Gasteiger partial charge in [0.25, 0.3) is 0 Å². The van der Waals surface area contributed by atoms with E-state index in [4.69, 9.17) is 5.11 Å². The lowest BCUT2D eigenvalue weighted by molar-refractivity contribution is -0.137. The normalized spacial score (nSPS) is 22.8. The number of likely N-dealkylation sites (tertiary alicyclic amines) is 1. The number of aliphatic carboxylic acids is 1. The van der Waals surface area contributed by atoms with Crippen molar-refractivity contribution in [1.82, 2.24) is 4.90 Å². The quantitative estimate of drug-likeness (QED) is 0.877. The number of thiophene rings is 1. The molecule has 94 valence electrons. The fourth-order valence-electron chi connectivity index (χ4n) is 2.50. The number of carbonyl (C=O) groups is 1. The molecule has 0 amide bonds. The number of hydrogen-bond donors (Lipinski definition) is 1. The van der Waals surface area contributed by atoms with Crippen molar-refractivity contribution in [2.45, 2.75) is 32.2 Å². The predicted molar refractivity (Wildman–Crippen MR) is 69.3 cm³/mol. The summed E-state index contributed by atoms with van der Waals surface area (Å²) >= 11 is 1.74. The van der Waals surface area contributed by atoms with Gasteiger partial charge in [0, 0.05) is 19.0 Å². The third-order valence-corrected chi connectivity index (χ3v) is 4.36. The highest BCUT2D eigenvalue weighted by Crippen LogP contribution is 2.30. The van der Waals surface area contributed by atoms with Crippen molar-refractivity contribution in [2.24, 2.45) is 5.92 Å². The third kappa shape index (κ3) is 3.30. The Balaban J connectivity index is 1.83. The Morgan fingerprint density at radius 2 is 2.53 bits per heavy atom. The fourth-order valence-corrected chi connectivity index (χ4v) is 3.25. The van der Waals surface area contributed by atoms with Gasteiger partial charge in [0.15, 0.2) is 0 Å². The maximum Gasteiger partial charge on any atom is 0.303 e. The Morgan fingerprint density at radius 3 is 3.18 bits per heavy atom. The molecule has 0 aliphatic carbocycles. The van der Waals surface area contributed by atoms with Gasteiger partial charge < -0.3 is 5.11 Å². The molecule has 0 aromatic carbocycles. The summed E-state index contributed by atoms with van der Waals surface area (Å²) in [7, 11) is 0. The molecular formula is C13H19NO2S. The maximum absolute atomic E-state index is 10.5. The fraction of sp³-hybridized carbons (Fsp3) is 0.615. The molecule has 1 aliphatic heterocycles. The van der Waals surface area contributed by atoms with E-state index in [1.54, 1.807) is 11.3 Å². The van der Waals surface area contributed by atoms with Gasteiger partial charge in [-0.2, -0.15) is 11.3 Å². The number of carboxylic acid groups (broad SMARTS) is 1. The van der Waals surface area contributed by atoms with Crippen LogP contribution >= 0.6 is 11.3 Å². The average Bonchev–Trinajstić information content (AvgIpc) is 2.97. The lowest BCUT2D eigenvalue weighted by Gasteiger charge is -2.23. The highest BCUT2D eigenvalue weighted by Gasteiger charge is 2.26. The number of nitrogens with zero attached hydrogens (tertiary/aromatic N) is 1. The smallest absolute Gasteiger partial charge is 0.303 e. The van der Waals surface area contributed by atoms with E-state index >= 15 is 0 Å². The number of carboxylic acids is 1. The molecule has 0 bridgehead atoms. The molecule has 0 radical (unpaired) electrons. The Hall–Kier alpha value is -0.870. The summed E-state index contributed by atoms with van der Waals surface area (Å²) in [5, 5.41) is 13.0. The first kappa shape index (κ1) is 12.6. The Kier molecular flexibility index (Phi) is 4.18.